The monoisotopic (exact) mass is 311 g/mol. The summed E-state index contributed by atoms with van der Waals surface area (Å²) in [5.41, 5.74) is -0.286. The fraction of sp³-hybridized carbons (Fsp3) is 0.500. The fourth-order valence-corrected chi connectivity index (χ4v) is 3.18. The van der Waals surface area contributed by atoms with Gasteiger partial charge in [0.15, 0.2) is 5.78 Å². The van der Waals surface area contributed by atoms with Crippen LogP contribution in [-0.2, 0) is 9.53 Å². The molecular weight excluding hydrogens is 294 g/mol. The van der Waals surface area contributed by atoms with Crippen LogP contribution < -0.4 is 5.32 Å². The minimum atomic E-state index is -0.951. The lowest BCUT2D eigenvalue weighted by Gasteiger charge is -2.36. The molecule has 0 bridgehead atoms. The van der Waals surface area contributed by atoms with Crippen LogP contribution in [0.4, 0.5) is 0 Å². The predicted molar refractivity (Wildman–Crippen MR) is 76.8 cm³/mol. The quantitative estimate of drug-likeness (QED) is 0.807. The smallest absolute Gasteiger partial charge is 0.305 e. The molecule has 2 rings (SSSR count). The Morgan fingerprint density at radius 2 is 2.05 bits per heavy atom. The van der Waals surface area contributed by atoms with Crippen molar-refractivity contribution < 1.29 is 24.2 Å². The van der Waals surface area contributed by atoms with Crippen LogP contribution in [0.3, 0.4) is 0 Å². The summed E-state index contributed by atoms with van der Waals surface area (Å²) >= 11 is 1.18. The van der Waals surface area contributed by atoms with Crippen molar-refractivity contribution in [1.29, 1.82) is 0 Å². The van der Waals surface area contributed by atoms with E-state index in [1.54, 1.807) is 5.38 Å². The first-order valence-electron chi connectivity index (χ1n) is 6.63. The molecule has 7 heteroatoms. The van der Waals surface area contributed by atoms with Gasteiger partial charge in [-0.15, -0.1) is 11.3 Å². The summed E-state index contributed by atoms with van der Waals surface area (Å²) < 4.78 is 5.24. The van der Waals surface area contributed by atoms with E-state index in [2.05, 4.69) is 5.32 Å². The van der Waals surface area contributed by atoms with Crippen LogP contribution in [-0.4, -0.2) is 41.5 Å². The van der Waals surface area contributed by atoms with Gasteiger partial charge in [-0.25, -0.2) is 0 Å². The van der Waals surface area contributed by atoms with Crippen molar-refractivity contribution in [2.45, 2.75) is 31.7 Å². The third-order valence-corrected chi connectivity index (χ3v) is 4.48. The Bertz CT molecular complexity index is 559. The van der Waals surface area contributed by atoms with Crippen LogP contribution >= 0.6 is 11.3 Å². The summed E-state index contributed by atoms with van der Waals surface area (Å²) in [6, 6.07) is 1.54. The number of Topliss-reactive ketones (excluding diaryl/α,β-unsaturated/α-hetero) is 1. The molecule has 1 aromatic rings. The van der Waals surface area contributed by atoms with Gasteiger partial charge in [-0.05, 0) is 25.8 Å². The first-order valence-corrected chi connectivity index (χ1v) is 7.51. The maximum atomic E-state index is 12.3. The fourth-order valence-electron chi connectivity index (χ4n) is 2.34. The molecule has 2 N–H and O–H groups in total. The molecule has 114 valence electrons. The highest BCUT2D eigenvalue weighted by Crippen LogP contribution is 2.26. The molecule has 0 aliphatic carbocycles. The minimum Gasteiger partial charge on any atom is -0.481 e. The summed E-state index contributed by atoms with van der Waals surface area (Å²) in [4.78, 5) is 35.0. The number of nitrogens with one attached hydrogen (secondary N) is 1. The van der Waals surface area contributed by atoms with Gasteiger partial charge < -0.3 is 15.2 Å². The minimum absolute atomic E-state index is 0.100. The zero-order chi connectivity index (χ0) is 15.5. The van der Waals surface area contributed by atoms with Crippen molar-refractivity contribution >= 4 is 29.0 Å². The van der Waals surface area contributed by atoms with Crippen LogP contribution in [0, 0.1) is 0 Å². The summed E-state index contributed by atoms with van der Waals surface area (Å²) in [6.45, 7) is 2.29. The molecule has 1 aliphatic heterocycles. The number of hydrogen-bond donors (Lipinski definition) is 2. The Balaban J connectivity index is 2.13. The standard InChI is InChI=1S/C14H17NO5S/c1-9(16)10-6-11(21-8-10)13(19)15-14(7-12(17)18)2-4-20-5-3-14/h6,8H,2-5,7H2,1H3,(H,15,19)(H,17,18). The number of hydrogen-bond acceptors (Lipinski definition) is 5. The van der Waals surface area contributed by atoms with E-state index >= 15 is 0 Å². The molecule has 0 unspecified atom stereocenters. The van der Waals surface area contributed by atoms with E-state index in [9.17, 15) is 14.4 Å². The number of ether oxygens (including phenoxy) is 1. The average molecular weight is 311 g/mol. The molecule has 1 amide bonds. The lowest BCUT2D eigenvalue weighted by molar-refractivity contribution is -0.139. The molecule has 21 heavy (non-hydrogen) atoms. The maximum Gasteiger partial charge on any atom is 0.305 e. The van der Waals surface area contributed by atoms with E-state index in [0.717, 1.165) is 0 Å². The first kappa shape index (κ1) is 15.7. The molecule has 0 radical (unpaired) electrons. The molecule has 6 nitrogen and oxygen atoms in total. The van der Waals surface area contributed by atoms with E-state index in [0.29, 0.717) is 36.5 Å². The largest absolute Gasteiger partial charge is 0.481 e. The molecule has 1 aromatic heterocycles. The number of carbonyl (C=O) groups is 3. The molecule has 2 heterocycles. The second kappa shape index (κ2) is 6.36. The third-order valence-electron chi connectivity index (χ3n) is 3.55. The first-order chi connectivity index (χ1) is 9.92. The Morgan fingerprint density at radius 3 is 2.57 bits per heavy atom. The van der Waals surface area contributed by atoms with Gasteiger partial charge in [0, 0.05) is 24.2 Å². The van der Waals surface area contributed by atoms with Crippen molar-refractivity contribution in [3.63, 3.8) is 0 Å². The average Bonchev–Trinajstić information content (AvgIpc) is 2.88. The summed E-state index contributed by atoms with van der Waals surface area (Å²) in [5.74, 6) is -1.39. The molecule has 0 spiro atoms. The van der Waals surface area contributed by atoms with E-state index in [1.807, 2.05) is 0 Å². The Labute approximate surface area is 126 Å². The molecule has 0 saturated carbocycles. The van der Waals surface area contributed by atoms with Crippen molar-refractivity contribution in [3.05, 3.63) is 21.9 Å². The second-order valence-electron chi connectivity index (χ2n) is 5.17. The lowest BCUT2D eigenvalue weighted by atomic mass is 9.86. The van der Waals surface area contributed by atoms with Gasteiger partial charge in [-0.1, -0.05) is 0 Å². The number of carboxylic acid groups (broad SMARTS) is 1. The van der Waals surface area contributed by atoms with Gasteiger partial charge in [0.1, 0.15) is 0 Å². The number of carboxylic acids is 1. The number of thiophene rings is 1. The highest BCUT2D eigenvalue weighted by molar-refractivity contribution is 7.12. The van der Waals surface area contributed by atoms with Crippen LogP contribution in [0.15, 0.2) is 11.4 Å². The van der Waals surface area contributed by atoms with Crippen molar-refractivity contribution in [2.24, 2.45) is 0 Å². The van der Waals surface area contributed by atoms with Crippen LogP contribution in [0.1, 0.15) is 46.2 Å². The highest BCUT2D eigenvalue weighted by atomic mass is 32.1. The van der Waals surface area contributed by atoms with Crippen molar-refractivity contribution in [2.75, 3.05) is 13.2 Å². The van der Waals surface area contributed by atoms with Crippen LogP contribution in [0.5, 0.6) is 0 Å². The number of ketones is 1. The van der Waals surface area contributed by atoms with Gasteiger partial charge in [-0.3, -0.25) is 14.4 Å². The van der Waals surface area contributed by atoms with Crippen molar-refractivity contribution in [3.8, 4) is 0 Å². The molecular formula is C14H17NO5S. The Morgan fingerprint density at radius 1 is 1.38 bits per heavy atom. The van der Waals surface area contributed by atoms with E-state index in [4.69, 9.17) is 9.84 Å². The number of rotatable bonds is 5. The van der Waals surface area contributed by atoms with E-state index < -0.39 is 11.5 Å². The summed E-state index contributed by atoms with van der Waals surface area (Å²) in [7, 11) is 0. The zero-order valence-electron chi connectivity index (χ0n) is 11.7. The number of amides is 1. The number of carbonyl (C=O) groups excluding carboxylic acids is 2. The van der Waals surface area contributed by atoms with Gasteiger partial charge >= 0.3 is 5.97 Å². The Hall–Kier alpha value is -1.73. The lowest BCUT2D eigenvalue weighted by Crippen LogP contribution is -2.53. The second-order valence-corrected chi connectivity index (χ2v) is 6.08. The molecule has 1 saturated heterocycles. The molecule has 1 fully saturated rings. The zero-order valence-corrected chi connectivity index (χ0v) is 12.5. The topological polar surface area (TPSA) is 92.7 Å². The van der Waals surface area contributed by atoms with E-state index in [-0.39, 0.29) is 18.1 Å². The SMILES string of the molecule is CC(=O)c1csc(C(=O)NC2(CC(=O)O)CCOCC2)c1. The third kappa shape index (κ3) is 3.89. The molecule has 0 aromatic carbocycles. The number of aliphatic carboxylic acids is 1. The van der Waals surface area contributed by atoms with Gasteiger partial charge in [-0.2, -0.15) is 0 Å². The molecule has 1 aliphatic rings. The van der Waals surface area contributed by atoms with Crippen LogP contribution in [0.2, 0.25) is 0 Å². The normalized spacial score (nSPS) is 17.2. The molecule has 0 atom stereocenters. The summed E-state index contributed by atoms with van der Waals surface area (Å²) in [5, 5.41) is 13.5. The predicted octanol–water partition coefficient (Wildman–Crippen LogP) is 1.70. The highest BCUT2D eigenvalue weighted by Gasteiger charge is 2.36. The van der Waals surface area contributed by atoms with Gasteiger partial charge in [0.05, 0.1) is 16.8 Å². The van der Waals surface area contributed by atoms with Gasteiger partial charge in [0.25, 0.3) is 5.91 Å². The van der Waals surface area contributed by atoms with Gasteiger partial charge in [0.2, 0.25) is 0 Å². The van der Waals surface area contributed by atoms with Crippen LogP contribution in [0.25, 0.3) is 0 Å². The van der Waals surface area contributed by atoms with E-state index in [1.165, 1.54) is 24.3 Å². The maximum absolute atomic E-state index is 12.3. The summed E-state index contributed by atoms with van der Waals surface area (Å²) in [6.07, 6.45) is 0.805. The van der Waals surface area contributed by atoms with Crippen molar-refractivity contribution in [1.82, 2.24) is 5.32 Å². The Kier molecular flexibility index (Phi) is 4.74.